The Hall–Kier alpha value is -3.93. The number of fused-ring (bicyclic) bond motifs is 1. The van der Waals surface area contributed by atoms with Gasteiger partial charge in [0.2, 0.25) is 0 Å². The van der Waals surface area contributed by atoms with E-state index < -0.39 is 10.8 Å². The van der Waals surface area contributed by atoms with Crippen molar-refractivity contribution < 1.29 is 14.5 Å². The Kier molecular flexibility index (Phi) is 3.36. The monoisotopic (exact) mass is 368 g/mol. The Balaban J connectivity index is 1.75. The average molecular weight is 368 g/mol. The first-order chi connectivity index (χ1) is 13.6. The van der Waals surface area contributed by atoms with E-state index in [9.17, 15) is 19.7 Å². The van der Waals surface area contributed by atoms with Gasteiger partial charge in [-0.1, -0.05) is 36.4 Å². The third-order valence-corrected chi connectivity index (χ3v) is 5.19. The Morgan fingerprint density at radius 2 is 1.57 bits per heavy atom. The first kappa shape index (κ1) is 16.3. The molecule has 0 spiro atoms. The Labute approximate surface area is 158 Å². The van der Waals surface area contributed by atoms with Gasteiger partial charge < -0.3 is 0 Å². The summed E-state index contributed by atoms with van der Waals surface area (Å²) in [6, 6.07) is 18.5. The van der Waals surface area contributed by atoms with E-state index in [1.165, 1.54) is 12.1 Å². The van der Waals surface area contributed by atoms with Gasteiger partial charge in [-0.15, -0.1) is 0 Å². The summed E-state index contributed by atoms with van der Waals surface area (Å²) in [5, 5.41) is 12.9. The quantitative estimate of drug-likeness (QED) is 0.296. The molecule has 3 aromatic carbocycles. The molecular formula is C22H12N2O4. The molecule has 134 valence electrons. The number of rotatable bonds is 2. The van der Waals surface area contributed by atoms with Gasteiger partial charge in [0.25, 0.3) is 5.69 Å². The van der Waals surface area contributed by atoms with Crippen molar-refractivity contribution in [1.82, 2.24) is 4.98 Å². The lowest BCUT2D eigenvalue weighted by Gasteiger charge is -2.22. The highest BCUT2D eigenvalue weighted by molar-refractivity contribution is 6.32. The van der Waals surface area contributed by atoms with Crippen LogP contribution in [0.5, 0.6) is 0 Å². The van der Waals surface area contributed by atoms with Gasteiger partial charge in [-0.3, -0.25) is 24.7 Å². The maximum absolute atomic E-state index is 13.2. The molecule has 1 heterocycles. The molecule has 6 nitrogen and oxygen atoms in total. The van der Waals surface area contributed by atoms with Crippen molar-refractivity contribution in [3.63, 3.8) is 0 Å². The summed E-state index contributed by atoms with van der Waals surface area (Å²) in [6.07, 6.45) is 0. The number of nitro groups is 1. The van der Waals surface area contributed by atoms with Crippen molar-refractivity contribution >= 4 is 38.9 Å². The number of carbonyl (C=O) groups excluding carboxylic acids is 2. The minimum Gasteiger partial charge on any atom is -0.293 e. The van der Waals surface area contributed by atoms with Gasteiger partial charge in [-0.05, 0) is 24.3 Å². The second-order valence-corrected chi connectivity index (χ2v) is 6.71. The lowest BCUT2D eigenvalue weighted by atomic mass is 9.78. The molecule has 0 N–H and O–H groups in total. The number of benzene rings is 3. The summed E-state index contributed by atoms with van der Waals surface area (Å²) >= 11 is 0. The highest BCUT2D eigenvalue weighted by Gasteiger charge is 2.39. The molecule has 1 aliphatic carbocycles. The number of nitro benzene ring substituents is 1. The first-order valence-corrected chi connectivity index (χ1v) is 8.70. The van der Waals surface area contributed by atoms with E-state index >= 15 is 0 Å². The fourth-order valence-electron chi connectivity index (χ4n) is 3.90. The standard InChI is InChI=1S/C22H12N2O4/c25-21-14-6-3-5-13-18(24(27)28)11-9-15(19(13)14)22(26)20(21)17-10-8-12-4-1-2-7-16(12)23-17/h1-11,20H. The van der Waals surface area contributed by atoms with E-state index in [4.69, 9.17) is 0 Å². The number of non-ortho nitro benzene ring substituents is 1. The largest absolute Gasteiger partial charge is 0.293 e. The first-order valence-electron chi connectivity index (χ1n) is 8.70. The van der Waals surface area contributed by atoms with Crippen LogP contribution in [0, 0.1) is 10.1 Å². The van der Waals surface area contributed by atoms with E-state index in [2.05, 4.69) is 4.98 Å². The van der Waals surface area contributed by atoms with E-state index in [1.807, 2.05) is 30.3 Å². The zero-order chi connectivity index (χ0) is 19.4. The highest BCUT2D eigenvalue weighted by Crippen LogP contribution is 2.39. The maximum Gasteiger partial charge on any atom is 0.277 e. The van der Waals surface area contributed by atoms with Crippen LogP contribution in [0.1, 0.15) is 32.3 Å². The van der Waals surface area contributed by atoms with Crippen LogP contribution in [0.25, 0.3) is 21.7 Å². The summed E-state index contributed by atoms with van der Waals surface area (Å²) in [4.78, 5) is 41.8. The topological polar surface area (TPSA) is 90.2 Å². The summed E-state index contributed by atoms with van der Waals surface area (Å²) in [5.74, 6) is -1.82. The number of ketones is 2. The molecule has 1 aromatic heterocycles. The third-order valence-electron chi connectivity index (χ3n) is 5.19. The molecule has 0 saturated heterocycles. The number of aromatic nitrogens is 1. The van der Waals surface area contributed by atoms with Crippen molar-refractivity contribution in [1.29, 1.82) is 0 Å². The van der Waals surface area contributed by atoms with Crippen LogP contribution in [-0.2, 0) is 0 Å². The molecule has 0 aliphatic heterocycles. The average Bonchev–Trinajstić information content (AvgIpc) is 2.71. The van der Waals surface area contributed by atoms with Crippen LogP contribution < -0.4 is 0 Å². The molecule has 0 fully saturated rings. The third kappa shape index (κ3) is 2.18. The Morgan fingerprint density at radius 1 is 0.821 bits per heavy atom. The number of hydrogen-bond donors (Lipinski definition) is 0. The van der Waals surface area contributed by atoms with Gasteiger partial charge in [0.15, 0.2) is 11.6 Å². The number of pyridine rings is 1. The molecule has 0 amide bonds. The minimum absolute atomic E-state index is 0.122. The van der Waals surface area contributed by atoms with Gasteiger partial charge in [0.1, 0.15) is 5.92 Å². The lowest BCUT2D eigenvalue weighted by molar-refractivity contribution is -0.383. The second-order valence-electron chi connectivity index (χ2n) is 6.71. The van der Waals surface area contributed by atoms with Crippen molar-refractivity contribution in [2.75, 3.05) is 0 Å². The Bertz CT molecular complexity index is 1320. The molecule has 0 saturated carbocycles. The molecule has 4 aromatic rings. The van der Waals surface area contributed by atoms with E-state index in [1.54, 1.807) is 24.3 Å². The van der Waals surface area contributed by atoms with Gasteiger partial charge in [0.05, 0.1) is 21.5 Å². The molecule has 6 heteroatoms. The molecule has 28 heavy (non-hydrogen) atoms. The smallest absolute Gasteiger partial charge is 0.277 e. The number of hydrogen-bond acceptors (Lipinski definition) is 5. The van der Waals surface area contributed by atoms with Crippen LogP contribution in [0.15, 0.2) is 66.7 Å². The number of nitrogens with zero attached hydrogens (tertiary/aromatic N) is 2. The Morgan fingerprint density at radius 3 is 2.36 bits per heavy atom. The van der Waals surface area contributed by atoms with Gasteiger partial charge >= 0.3 is 0 Å². The molecule has 0 radical (unpaired) electrons. The van der Waals surface area contributed by atoms with Crippen LogP contribution in [0.4, 0.5) is 5.69 Å². The predicted octanol–water partition coefficient (Wildman–Crippen LogP) is 4.46. The van der Waals surface area contributed by atoms with Gasteiger partial charge in [-0.2, -0.15) is 0 Å². The molecule has 1 atom stereocenters. The van der Waals surface area contributed by atoms with Gasteiger partial charge in [-0.25, -0.2) is 0 Å². The van der Waals surface area contributed by atoms with Crippen LogP contribution in [-0.4, -0.2) is 21.5 Å². The zero-order valence-electron chi connectivity index (χ0n) is 14.5. The fraction of sp³-hybridized carbons (Fsp3) is 0.0455. The minimum atomic E-state index is -1.05. The summed E-state index contributed by atoms with van der Waals surface area (Å²) < 4.78 is 0. The van der Waals surface area contributed by atoms with Crippen molar-refractivity contribution in [2.24, 2.45) is 0 Å². The summed E-state index contributed by atoms with van der Waals surface area (Å²) in [6.45, 7) is 0. The maximum atomic E-state index is 13.2. The predicted molar refractivity (Wildman–Crippen MR) is 104 cm³/mol. The van der Waals surface area contributed by atoms with E-state index in [0.29, 0.717) is 33.1 Å². The SMILES string of the molecule is O=C1c2cccc3c([N+](=O)[O-])ccc(c23)C(=O)C1c1ccc2ccccc2n1. The van der Waals surface area contributed by atoms with E-state index in [-0.39, 0.29) is 17.3 Å². The molecule has 5 rings (SSSR count). The lowest BCUT2D eigenvalue weighted by Crippen LogP contribution is -2.28. The van der Waals surface area contributed by atoms with Crippen molar-refractivity contribution in [3.05, 3.63) is 93.7 Å². The number of para-hydroxylation sites is 1. The molecule has 0 bridgehead atoms. The fourth-order valence-corrected chi connectivity index (χ4v) is 3.90. The summed E-state index contributed by atoms with van der Waals surface area (Å²) in [7, 11) is 0. The molecule has 1 aliphatic rings. The van der Waals surface area contributed by atoms with Gasteiger partial charge in [0, 0.05) is 28.0 Å². The number of Topliss-reactive ketones (excluding diaryl/α,β-unsaturated/α-hetero) is 2. The molecule has 1 unspecified atom stereocenters. The normalized spacial score (nSPS) is 15.9. The van der Waals surface area contributed by atoms with E-state index in [0.717, 1.165) is 5.39 Å². The second kappa shape index (κ2) is 5.79. The van der Waals surface area contributed by atoms with Crippen LogP contribution in [0.3, 0.4) is 0 Å². The summed E-state index contributed by atoms with van der Waals surface area (Å²) in [5.41, 5.74) is 1.60. The van der Waals surface area contributed by atoms with Crippen LogP contribution in [0.2, 0.25) is 0 Å². The van der Waals surface area contributed by atoms with Crippen molar-refractivity contribution in [2.45, 2.75) is 5.92 Å². The van der Waals surface area contributed by atoms with Crippen LogP contribution >= 0.6 is 0 Å². The number of carbonyl (C=O) groups is 2. The molecular weight excluding hydrogens is 356 g/mol. The highest BCUT2D eigenvalue weighted by atomic mass is 16.6. The van der Waals surface area contributed by atoms with Crippen molar-refractivity contribution in [3.8, 4) is 0 Å². The zero-order valence-corrected chi connectivity index (χ0v) is 14.5.